The minimum Gasteiger partial charge on any atom is -0.329 e. The Balaban J connectivity index is 3.06. The van der Waals surface area contributed by atoms with Crippen LogP contribution >= 0.6 is 27.5 Å². The minimum atomic E-state index is -3.65. The van der Waals surface area contributed by atoms with Gasteiger partial charge in [-0.3, -0.25) is 0 Å². The maximum absolute atomic E-state index is 12.2. The lowest BCUT2D eigenvalue weighted by molar-refractivity contribution is 0.455. The number of hydrogen-bond donors (Lipinski definition) is 2. The molecule has 0 aromatic heterocycles. The SMILES string of the molecule is CC(C)C(CN)NS(=O)(=O)c1ccc(Br)cc1Cl. The molecule has 7 heteroatoms. The topological polar surface area (TPSA) is 72.2 Å². The van der Waals surface area contributed by atoms with E-state index in [-0.39, 0.29) is 28.4 Å². The predicted octanol–water partition coefficient (Wildman–Crippen LogP) is 2.36. The highest BCUT2D eigenvalue weighted by Gasteiger charge is 2.23. The Morgan fingerprint density at radius 2 is 2.06 bits per heavy atom. The van der Waals surface area contributed by atoms with Gasteiger partial charge in [-0.25, -0.2) is 13.1 Å². The Kier molecular flexibility index (Phi) is 5.61. The van der Waals surface area contributed by atoms with Crippen LogP contribution in [0.15, 0.2) is 27.6 Å². The van der Waals surface area contributed by atoms with Crippen LogP contribution in [0.5, 0.6) is 0 Å². The fourth-order valence-corrected chi connectivity index (χ4v) is 3.85. The van der Waals surface area contributed by atoms with E-state index in [2.05, 4.69) is 20.7 Å². The maximum atomic E-state index is 12.2. The van der Waals surface area contributed by atoms with Crippen molar-refractivity contribution in [3.05, 3.63) is 27.7 Å². The van der Waals surface area contributed by atoms with E-state index in [1.807, 2.05) is 13.8 Å². The smallest absolute Gasteiger partial charge is 0.242 e. The van der Waals surface area contributed by atoms with Gasteiger partial charge < -0.3 is 5.73 Å². The van der Waals surface area contributed by atoms with Crippen molar-refractivity contribution in [3.8, 4) is 0 Å². The third kappa shape index (κ3) is 3.93. The molecule has 0 saturated heterocycles. The fraction of sp³-hybridized carbons (Fsp3) is 0.455. The normalized spacial score (nSPS) is 13.9. The Labute approximate surface area is 121 Å². The summed E-state index contributed by atoms with van der Waals surface area (Å²) in [5.74, 6) is 0.110. The molecular weight excluding hydrogens is 340 g/mol. The molecule has 0 radical (unpaired) electrons. The minimum absolute atomic E-state index is 0.0615. The molecule has 0 heterocycles. The van der Waals surface area contributed by atoms with E-state index < -0.39 is 10.0 Å². The van der Waals surface area contributed by atoms with Crippen molar-refractivity contribution in [3.63, 3.8) is 0 Å². The molecule has 18 heavy (non-hydrogen) atoms. The zero-order valence-electron chi connectivity index (χ0n) is 10.2. The van der Waals surface area contributed by atoms with Crippen LogP contribution in [0.2, 0.25) is 5.02 Å². The van der Waals surface area contributed by atoms with Gasteiger partial charge in [-0.05, 0) is 24.1 Å². The van der Waals surface area contributed by atoms with E-state index in [1.165, 1.54) is 6.07 Å². The second-order valence-electron chi connectivity index (χ2n) is 4.28. The van der Waals surface area contributed by atoms with E-state index in [1.54, 1.807) is 12.1 Å². The number of hydrogen-bond acceptors (Lipinski definition) is 3. The largest absolute Gasteiger partial charge is 0.329 e. The number of rotatable bonds is 5. The molecule has 0 aliphatic rings. The van der Waals surface area contributed by atoms with Gasteiger partial charge in [0, 0.05) is 17.1 Å². The Hall–Kier alpha value is -0.140. The number of benzene rings is 1. The number of nitrogens with one attached hydrogen (secondary N) is 1. The molecule has 0 aliphatic heterocycles. The van der Waals surface area contributed by atoms with Gasteiger partial charge in [0.15, 0.2) is 0 Å². The Morgan fingerprint density at radius 1 is 1.44 bits per heavy atom. The molecule has 1 unspecified atom stereocenters. The first kappa shape index (κ1) is 15.9. The molecular formula is C11H16BrClN2O2S. The second-order valence-corrected chi connectivity index (χ2v) is 7.29. The fourth-order valence-electron chi connectivity index (χ4n) is 1.41. The van der Waals surface area contributed by atoms with Crippen LogP contribution in [0.3, 0.4) is 0 Å². The predicted molar refractivity (Wildman–Crippen MR) is 77.2 cm³/mol. The van der Waals surface area contributed by atoms with Crippen LogP contribution in [-0.4, -0.2) is 21.0 Å². The van der Waals surface area contributed by atoms with Gasteiger partial charge in [0.25, 0.3) is 0 Å². The van der Waals surface area contributed by atoms with Gasteiger partial charge in [0.05, 0.1) is 5.02 Å². The summed E-state index contributed by atoms with van der Waals surface area (Å²) in [7, 11) is -3.65. The average molecular weight is 356 g/mol. The van der Waals surface area contributed by atoms with Gasteiger partial charge in [-0.1, -0.05) is 41.4 Å². The quantitative estimate of drug-likeness (QED) is 0.851. The molecule has 0 amide bonds. The zero-order chi connectivity index (χ0) is 13.9. The van der Waals surface area contributed by atoms with Crippen LogP contribution < -0.4 is 10.5 Å². The summed E-state index contributed by atoms with van der Waals surface area (Å²) in [5.41, 5.74) is 5.55. The molecule has 0 fully saturated rings. The Morgan fingerprint density at radius 3 is 2.50 bits per heavy atom. The van der Waals surface area contributed by atoms with Crippen LogP contribution in [0, 0.1) is 5.92 Å². The third-order valence-electron chi connectivity index (χ3n) is 2.55. The number of sulfonamides is 1. The molecule has 1 aromatic rings. The first-order valence-electron chi connectivity index (χ1n) is 5.45. The van der Waals surface area contributed by atoms with Crippen LogP contribution in [0.1, 0.15) is 13.8 Å². The molecule has 0 saturated carbocycles. The third-order valence-corrected chi connectivity index (χ3v) is 5.01. The van der Waals surface area contributed by atoms with Crippen LogP contribution in [0.25, 0.3) is 0 Å². The van der Waals surface area contributed by atoms with Gasteiger partial charge in [0.2, 0.25) is 10.0 Å². The highest BCUT2D eigenvalue weighted by Crippen LogP contribution is 2.25. The van der Waals surface area contributed by atoms with Crippen molar-refractivity contribution in [2.75, 3.05) is 6.54 Å². The summed E-state index contributed by atoms with van der Waals surface area (Å²) >= 11 is 9.17. The van der Waals surface area contributed by atoms with E-state index in [0.717, 1.165) is 4.47 Å². The van der Waals surface area contributed by atoms with Gasteiger partial charge in [-0.15, -0.1) is 0 Å². The van der Waals surface area contributed by atoms with E-state index in [9.17, 15) is 8.42 Å². The van der Waals surface area contributed by atoms with Gasteiger partial charge in [-0.2, -0.15) is 0 Å². The summed E-state index contributed by atoms with van der Waals surface area (Å²) in [5, 5.41) is 0.177. The highest BCUT2D eigenvalue weighted by molar-refractivity contribution is 9.10. The molecule has 4 nitrogen and oxygen atoms in total. The molecule has 1 rings (SSSR count). The van der Waals surface area contributed by atoms with Crippen molar-refractivity contribution < 1.29 is 8.42 Å². The molecule has 0 spiro atoms. The lowest BCUT2D eigenvalue weighted by Gasteiger charge is -2.20. The van der Waals surface area contributed by atoms with E-state index in [4.69, 9.17) is 17.3 Å². The van der Waals surface area contributed by atoms with E-state index >= 15 is 0 Å². The van der Waals surface area contributed by atoms with Gasteiger partial charge >= 0.3 is 0 Å². The summed E-state index contributed by atoms with van der Waals surface area (Å²) in [6, 6.07) is 4.33. The standard InChI is InChI=1S/C11H16BrClN2O2S/c1-7(2)10(6-14)15-18(16,17)11-4-3-8(12)5-9(11)13/h3-5,7,10,15H,6,14H2,1-2H3. The lowest BCUT2D eigenvalue weighted by atomic mass is 10.1. The molecule has 0 aliphatic carbocycles. The van der Waals surface area contributed by atoms with Crippen LogP contribution in [0.4, 0.5) is 0 Å². The summed E-state index contributed by atoms with van der Waals surface area (Å²) in [6.45, 7) is 4.05. The first-order valence-corrected chi connectivity index (χ1v) is 8.10. The summed E-state index contributed by atoms with van der Waals surface area (Å²) in [4.78, 5) is 0.0615. The lowest BCUT2D eigenvalue weighted by Crippen LogP contribution is -2.43. The molecule has 3 N–H and O–H groups in total. The van der Waals surface area contributed by atoms with Crippen molar-refractivity contribution in [1.29, 1.82) is 0 Å². The number of halogens is 2. The van der Waals surface area contributed by atoms with Crippen LogP contribution in [-0.2, 0) is 10.0 Å². The first-order chi connectivity index (χ1) is 8.27. The zero-order valence-corrected chi connectivity index (χ0v) is 13.3. The van der Waals surface area contributed by atoms with Crippen molar-refractivity contribution in [1.82, 2.24) is 4.72 Å². The van der Waals surface area contributed by atoms with E-state index in [0.29, 0.717) is 0 Å². The molecule has 1 atom stereocenters. The van der Waals surface area contributed by atoms with Crippen molar-refractivity contribution in [2.45, 2.75) is 24.8 Å². The van der Waals surface area contributed by atoms with Crippen molar-refractivity contribution >= 4 is 37.6 Å². The Bertz CT molecular complexity index is 520. The van der Waals surface area contributed by atoms with Crippen molar-refractivity contribution in [2.24, 2.45) is 11.7 Å². The second kappa shape index (κ2) is 6.34. The molecule has 102 valence electrons. The average Bonchev–Trinajstić information content (AvgIpc) is 2.24. The number of nitrogens with two attached hydrogens (primary N) is 1. The maximum Gasteiger partial charge on any atom is 0.242 e. The molecule has 1 aromatic carbocycles. The molecule has 0 bridgehead atoms. The summed E-state index contributed by atoms with van der Waals surface area (Å²) in [6.07, 6.45) is 0. The summed E-state index contributed by atoms with van der Waals surface area (Å²) < 4.78 is 27.6. The highest BCUT2D eigenvalue weighted by atomic mass is 79.9. The van der Waals surface area contributed by atoms with Gasteiger partial charge in [0.1, 0.15) is 4.90 Å². The monoisotopic (exact) mass is 354 g/mol.